The van der Waals surface area contributed by atoms with Crippen molar-refractivity contribution in [2.75, 3.05) is 18.5 Å². The molecule has 1 unspecified atom stereocenters. The third-order valence-electron chi connectivity index (χ3n) is 4.73. The molecule has 0 saturated heterocycles. The summed E-state index contributed by atoms with van der Waals surface area (Å²) in [6.45, 7) is 5.50. The minimum atomic E-state index is -0.0726. The van der Waals surface area contributed by atoms with Gasteiger partial charge in [-0.3, -0.25) is 9.59 Å². The number of carbonyl (C=O) groups is 2. The summed E-state index contributed by atoms with van der Waals surface area (Å²) in [6.07, 6.45) is 4.93. The smallest absolute Gasteiger partial charge is 0.251 e. The molecular formula is C19H24N4O2. The van der Waals surface area contributed by atoms with Crippen LogP contribution in [0.2, 0.25) is 0 Å². The van der Waals surface area contributed by atoms with Gasteiger partial charge in [-0.15, -0.1) is 0 Å². The fourth-order valence-electron chi connectivity index (χ4n) is 3.16. The first-order chi connectivity index (χ1) is 12.0. The highest BCUT2D eigenvalue weighted by molar-refractivity contribution is 5.98. The van der Waals surface area contributed by atoms with Gasteiger partial charge >= 0.3 is 0 Å². The van der Waals surface area contributed by atoms with Crippen LogP contribution in [0.15, 0.2) is 30.6 Å². The van der Waals surface area contributed by atoms with Crippen LogP contribution in [0.5, 0.6) is 0 Å². The number of hydrogen-bond acceptors (Lipinski definition) is 3. The largest absolute Gasteiger partial charge is 0.352 e. The summed E-state index contributed by atoms with van der Waals surface area (Å²) in [5.74, 6) is 1.33. The lowest BCUT2D eigenvalue weighted by atomic mass is 9.99. The molecule has 132 valence electrons. The minimum absolute atomic E-state index is 0.0726. The highest BCUT2D eigenvalue weighted by Crippen LogP contribution is 2.27. The van der Waals surface area contributed by atoms with Gasteiger partial charge in [0, 0.05) is 50.2 Å². The van der Waals surface area contributed by atoms with E-state index in [1.165, 1.54) is 0 Å². The van der Waals surface area contributed by atoms with Gasteiger partial charge in [-0.1, -0.05) is 6.92 Å². The van der Waals surface area contributed by atoms with Gasteiger partial charge in [0.25, 0.3) is 5.91 Å². The van der Waals surface area contributed by atoms with Crippen LogP contribution in [-0.4, -0.2) is 35.0 Å². The van der Waals surface area contributed by atoms with E-state index in [0.717, 1.165) is 23.6 Å². The van der Waals surface area contributed by atoms with Gasteiger partial charge < -0.3 is 14.8 Å². The maximum Gasteiger partial charge on any atom is 0.251 e. The second-order valence-corrected chi connectivity index (χ2v) is 6.74. The van der Waals surface area contributed by atoms with E-state index < -0.39 is 0 Å². The van der Waals surface area contributed by atoms with Crippen LogP contribution in [-0.2, 0) is 17.8 Å². The SMILES string of the molecule is Cc1nccn1CC(C)CNC(=O)c1ccc2c(c1)CCC(=O)N2C. The van der Waals surface area contributed by atoms with Crippen LogP contribution >= 0.6 is 0 Å². The number of amides is 2. The van der Waals surface area contributed by atoms with E-state index >= 15 is 0 Å². The fraction of sp³-hybridized carbons (Fsp3) is 0.421. The molecule has 1 N–H and O–H groups in total. The summed E-state index contributed by atoms with van der Waals surface area (Å²) in [5.41, 5.74) is 2.60. The molecule has 2 heterocycles. The van der Waals surface area contributed by atoms with E-state index in [-0.39, 0.29) is 11.8 Å². The summed E-state index contributed by atoms with van der Waals surface area (Å²) in [6, 6.07) is 5.55. The molecule has 3 rings (SSSR count). The minimum Gasteiger partial charge on any atom is -0.352 e. The highest BCUT2D eigenvalue weighted by Gasteiger charge is 2.21. The molecule has 0 radical (unpaired) electrons. The number of imidazole rings is 1. The molecule has 2 amide bonds. The lowest BCUT2D eigenvalue weighted by Crippen LogP contribution is -2.32. The quantitative estimate of drug-likeness (QED) is 0.907. The Hall–Kier alpha value is -2.63. The van der Waals surface area contributed by atoms with Crippen molar-refractivity contribution >= 4 is 17.5 Å². The van der Waals surface area contributed by atoms with Gasteiger partial charge in [-0.25, -0.2) is 4.98 Å². The Kier molecular flexibility index (Phi) is 4.88. The number of nitrogens with zero attached hydrogens (tertiary/aromatic N) is 3. The number of nitrogens with one attached hydrogen (secondary N) is 1. The van der Waals surface area contributed by atoms with Crippen molar-refractivity contribution in [1.82, 2.24) is 14.9 Å². The Morgan fingerprint density at radius 1 is 1.36 bits per heavy atom. The average Bonchev–Trinajstić information content (AvgIpc) is 3.00. The maximum absolute atomic E-state index is 12.4. The van der Waals surface area contributed by atoms with Gasteiger partial charge in [-0.05, 0) is 43.0 Å². The van der Waals surface area contributed by atoms with Crippen LogP contribution in [0, 0.1) is 12.8 Å². The van der Waals surface area contributed by atoms with Crippen molar-refractivity contribution in [3.8, 4) is 0 Å². The molecule has 25 heavy (non-hydrogen) atoms. The van der Waals surface area contributed by atoms with Gasteiger partial charge in [0.15, 0.2) is 0 Å². The van der Waals surface area contributed by atoms with Crippen molar-refractivity contribution in [3.63, 3.8) is 0 Å². The molecule has 0 spiro atoms. The van der Waals surface area contributed by atoms with Gasteiger partial charge in [0.1, 0.15) is 5.82 Å². The number of carbonyl (C=O) groups excluding carboxylic acids is 2. The summed E-state index contributed by atoms with van der Waals surface area (Å²) < 4.78 is 2.09. The van der Waals surface area contributed by atoms with Crippen LogP contribution in [0.1, 0.15) is 35.1 Å². The predicted molar refractivity (Wildman–Crippen MR) is 96.6 cm³/mol. The number of aryl methyl sites for hydroxylation is 2. The molecule has 1 aliphatic rings. The van der Waals surface area contributed by atoms with Crippen molar-refractivity contribution < 1.29 is 9.59 Å². The molecule has 0 bridgehead atoms. The Labute approximate surface area is 147 Å². The Bertz CT molecular complexity index is 796. The van der Waals surface area contributed by atoms with Crippen LogP contribution in [0.4, 0.5) is 5.69 Å². The van der Waals surface area contributed by atoms with Gasteiger partial charge in [0.05, 0.1) is 0 Å². The molecular weight excluding hydrogens is 316 g/mol. The van der Waals surface area contributed by atoms with Crippen molar-refractivity contribution in [2.45, 2.75) is 33.2 Å². The third-order valence-corrected chi connectivity index (χ3v) is 4.73. The third kappa shape index (κ3) is 3.73. The molecule has 0 aliphatic carbocycles. The van der Waals surface area contributed by atoms with E-state index in [2.05, 4.69) is 21.8 Å². The fourth-order valence-corrected chi connectivity index (χ4v) is 3.16. The Morgan fingerprint density at radius 3 is 2.88 bits per heavy atom. The normalized spacial score (nSPS) is 15.0. The van der Waals surface area contributed by atoms with Crippen LogP contribution in [0.3, 0.4) is 0 Å². The monoisotopic (exact) mass is 340 g/mol. The first-order valence-electron chi connectivity index (χ1n) is 8.61. The number of fused-ring (bicyclic) bond motifs is 1. The zero-order chi connectivity index (χ0) is 18.0. The van der Waals surface area contributed by atoms with Crippen molar-refractivity contribution in [1.29, 1.82) is 0 Å². The van der Waals surface area contributed by atoms with Crippen molar-refractivity contribution in [3.05, 3.63) is 47.5 Å². The van der Waals surface area contributed by atoms with Crippen LogP contribution < -0.4 is 10.2 Å². The molecule has 0 fully saturated rings. The zero-order valence-corrected chi connectivity index (χ0v) is 15.0. The number of anilines is 1. The molecule has 0 saturated carbocycles. The average molecular weight is 340 g/mol. The maximum atomic E-state index is 12.4. The molecule has 2 aromatic rings. The predicted octanol–water partition coefficient (Wildman–Crippen LogP) is 2.17. The number of hydrogen-bond donors (Lipinski definition) is 1. The first-order valence-corrected chi connectivity index (χ1v) is 8.61. The lowest BCUT2D eigenvalue weighted by Gasteiger charge is -2.26. The van der Waals surface area contributed by atoms with E-state index in [0.29, 0.717) is 30.9 Å². The Morgan fingerprint density at radius 2 is 2.16 bits per heavy atom. The summed E-state index contributed by atoms with van der Waals surface area (Å²) in [4.78, 5) is 30.1. The van der Waals surface area contributed by atoms with Gasteiger partial charge in [-0.2, -0.15) is 0 Å². The van der Waals surface area contributed by atoms with Crippen molar-refractivity contribution in [2.24, 2.45) is 5.92 Å². The molecule has 1 aliphatic heterocycles. The summed E-state index contributed by atoms with van der Waals surface area (Å²) in [7, 11) is 1.78. The van der Waals surface area contributed by atoms with E-state index in [1.807, 2.05) is 25.3 Å². The first kappa shape index (κ1) is 17.2. The molecule has 6 heteroatoms. The molecule has 1 atom stereocenters. The lowest BCUT2D eigenvalue weighted by molar-refractivity contribution is -0.118. The van der Waals surface area contributed by atoms with E-state index in [4.69, 9.17) is 0 Å². The Balaban J connectivity index is 1.60. The molecule has 6 nitrogen and oxygen atoms in total. The summed E-state index contributed by atoms with van der Waals surface area (Å²) in [5, 5.41) is 3.00. The number of aromatic nitrogens is 2. The molecule has 1 aromatic heterocycles. The zero-order valence-electron chi connectivity index (χ0n) is 15.0. The second-order valence-electron chi connectivity index (χ2n) is 6.74. The van der Waals surface area contributed by atoms with E-state index in [1.54, 1.807) is 24.2 Å². The number of benzene rings is 1. The van der Waals surface area contributed by atoms with Gasteiger partial charge in [0.2, 0.25) is 5.91 Å². The second kappa shape index (κ2) is 7.09. The topological polar surface area (TPSA) is 67.2 Å². The molecule has 1 aromatic carbocycles. The summed E-state index contributed by atoms with van der Waals surface area (Å²) >= 11 is 0. The van der Waals surface area contributed by atoms with E-state index in [9.17, 15) is 9.59 Å². The standard InChI is InChI=1S/C19H24N4O2/c1-13(12-23-9-8-20-14(23)2)11-21-19(25)16-4-6-17-15(10-16)5-7-18(24)22(17)3/h4,6,8-10,13H,5,7,11-12H2,1-3H3,(H,21,25). The number of rotatable bonds is 5. The highest BCUT2D eigenvalue weighted by atomic mass is 16.2. The van der Waals surface area contributed by atoms with Crippen LogP contribution in [0.25, 0.3) is 0 Å².